The lowest BCUT2D eigenvalue weighted by Crippen LogP contribution is -2.49. The van der Waals surface area contributed by atoms with E-state index in [-0.39, 0.29) is 5.69 Å². The molecule has 0 N–H and O–H groups in total. The van der Waals surface area contributed by atoms with Crippen molar-refractivity contribution in [3.8, 4) is 0 Å². The van der Waals surface area contributed by atoms with Crippen molar-refractivity contribution < 1.29 is 22.7 Å². The van der Waals surface area contributed by atoms with E-state index in [0.717, 1.165) is 5.69 Å². The van der Waals surface area contributed by atoms with Crippen LogP contribution in [0, 0.1) is 0 Å². The van der Waals surface area contributed by atoms with Crippen LogP contribution in [0.15, 0.2) is 16.7 Å². The molecule has 0 aromatic carbocycles. The first-order chi connectivity index (χ1) is 10.3. The Hall–Kier alpha value is -1.35. The zero-order valence-electron chi connectivity index (χ0n) is 11.9. The number of pyridine rings is 1. The average Bonchev–Trinajstić information content (AvgIpc) is 2.46. The zero-order valence-corrected chi connectivity index (χ0v) is 13.4. The van der Waals surface area contributed by atoms with Gasteiger partial charge in [0.15, 0.2) is 0 Å². The topological polar surface area (TPSA) is 45.7 Å². The van der Waals surface area contributed by atoms with Crippen LogP contribution in [0.25, 0.3) is 0 Å². The second-order valence-corrected chi connectivity index (χ2v) is 5.63. The number of halogens is 4. The van der Waals surface area contributed by atoms with E-state index < -0.39 is 18.7 Å². The first-order valence-electron chi connectivity index (χ1n) is 6.59. The van der Waals surface area contributed by atoms with Crippen LogP contribution in [0.5, 0.6) is 0 Å². The minimum absolute atomic E-state index is 0.175. The number of anilines is 1. The fourth-order valence-electron chi connectivity index (χ4n) is 2.28. The quantitative estimate of drug-likeness (QED) is 0.593. The Kier molecular flexibility index (Phi) is 5.28. The molecular formula is C13H15BrF3N3O2. The van der Waals surface area contributed by atoms with E-state index in [4.69, 9.17) is 0 Å². The van der Waals surface area contributed by atoms with Crippen molar-refractivity contribution in [2.45, 2.75) is 6.18 Å². The Labute approximate surface area is 134 Å². The number of alkyl halides is 3. The molecule has 0 spiro atoms. The molecule has 0 atom stereocenters. The SMILES string of the molecule is COC(=O)c1ccc(N2CCN(CC(F)(F)F)CC2)c(Br)n1. The van der Waals surface area contributed by atoms with Crippen LogP contribution in [0.3, 0.4) is 0 Å². The maximum absolute atomic E-state index is 12.4. The highest BCUT2D eigenvalue weighted by atomic mass is 79.9. The number of hydrogen-bond acceptors (Lipinski definition) is 5. The molecule has 122 valence electrons. The number of piperazine rings is 1. The van der Waals surface area contributed by atoms with Gasteiger partial charge in [-0.25, -0.2) is 9.78 Å². The van der Waals surface area contributed by atoms with Crippen molar-refractivity contribution in [3.63, 3.8) is 0 Å². The summed E-state index contributed by atoms with van der Waals surface area (Å²) in [6.07, 6.45) is -4.17. The Morgan fingerprint density at radius 3 is 2.45 bits per heavy atom. The normalized spacial score (nSPS) is 16.7. The highest BCUT2D eigenvalue weighted by Gasteiger charge is 2.32. The molecule has 1 aromatic heterocycles. The Bertz CT molecular complexity index is 546. The van der Waals surface area contributed by atoms with Gasteiger partial charge in [0.25, 0.3) is 0 Å². The minimum Gasteiger partial charge on any atom is -0.464 e. The van der Waals surface area contributed by atoms with Gasteiger partial charge in [-0.1, -0.05) is 0 Å². The van der Waals surface area contributed by atoms with Gasteiger partial charge in [-0.05, 0) is 28.1 Å². The molecule has 1 aliphatic heterocycles. The van der Waals surface area contributed by atoms with Crippen LogP contribution < -0.4 is 4.90 Å². The summed E-state index contributed by atoms with van der Waals surface area (Å²) in [5.41, 5.74) is 0.924. The van der Waals surface area contributed by atoms with Gasteiger partial charge in [0, 0.05) is 26.2 Å². The number of methoxy groups -OCH3 is 1. The van der Waals surface area contributed by atoms with E-state index in [0.29, 0.717) is 30.8 Å². The van der Waals surface area contributed by atoms with E-state index in [1.54, 1.807) is 6.07 Å². The fraction of sp³-hybridized carbons (Fsp3) is 0.538. The van der Waals surface area contributed by atoms with E-state index in [9.17, 15) is 18.0 Å². The van der Waals surface area contributed by atoms with Gasteiger partial charge in [-0.2, -0.15) is 13.2 Å². The lowest BCUT2D eigenvalue weighted by atomic mass is 10.2. The Morgan fingerprint density at radius 2 is 1.95 bits per heavy atom. The predicted molar refractivity (Wildman–Crippen MR) is 78.0 cm³/mol. The summed E-state index contributed by atoms with van der Waals surface area (Å²) in [7, 11) is 1.27. The molecule has 1 aromatic rings. The number of nitrogens with zero attached hydrogens (tertiary/aromatic N) is 3. The average molecular weight is 382 g/mol. The predicted octanol–water partition coefficient (Wildman–Crippen LogP) is 2.32. The molecule has 9 heteroatoms. The number of ether oxygens (including phenoxy) is 1. The van der Waals surface area contributed by atoms with Gasteiger partial charge >= 0.3 is 12.1 Å². The molecule has 0 aliphatic carbocycles. The van der Waals surface area contributed by atoms with Crippen molar-refractivity contribution >= 4 is 27.6 Å². The molecule has 0 bridgehead atoms. The molecular weight excluding hydrogens is 367 g/mol. The summed E-state index contributed by atoms with van der Waals surface area (Å²) in [5.74, 6) is -0.540. The molecule has 0 saturated carbocycles. The minimum atomic E-state index is -4.17. The van der Waals surface area contributed by atoms with Crippen molar-refractivity contribution in [2.24, 2.45) is 0 Å². The molecule has 1 aliphatic rings. The van der Waals surface area contributed by atoms with Crippen LogP contribution in [0.4, 0.5) is 18.9 Å². The summed E-state index contributed by atoms with van der Waals surface area (Å²) in [4.78, 5) is 18.8. The molecule has 1 fully saturated rings. The maximum Gasteiger partial charge on any atom is 0.401 e. The first kappa shape index (κ1) is 17.0. The van der Waals surface area contributed by atoms with Crippen LogP contribution in [0.2, 0.25) is 0 Å². The van der Waals surface area contributed by atoms with Gasteiger partial charge in [0.2, 0.25) is 0 Å². The van der Waals surface area contributed by atoms with E-state index in [1.807, 2.05) is 4.90 Å². The van der Waals surface area contributed by atoms with Gasteiger partial charge in [0.05, 0.1) is 19.3 Å². The largest absolute Gasteiger partial charge is 0.464 e. The number of hydrogen-bond donors (Lipinski definition) is 0. The lowest BCUT2D eigenvalue weighted by molar-refractivity contribution is -0.146. The molecule has 0 unspecified atom stereocenters. The van der Waals surface area contributed by atoms with E-state index in [2.05, 4.69) is 25.7 Å². The smallest absolute Gasteiger partial charge is 0.401 e. The van der Waals surface area contributed by atoms with Crippen molar-refractivity contribution in [1.29, 1.82) is 0 Å². The van der Waals surface area contributed by atoms with E-state index in [1.165, 1.54) is 18.1 Å². The Morgan fingerprint density at radius 1 is 1.32 bits per heavy atom. The summed E-state index contributed by atoms with van der Waals surface area (Å²) in [5, 5.41) is 0. The van der Waals surface area contributed by atoms with Gasteiger partial charge in [-0.3, -0.25) is 4.90 Å². The highest BCUT2D eigenvalue weighted by molar-refractivity contribution is 9.10. The second kappa shape index (κ2) is 6.82. The summed E-state index contributed by atoms with van der Waals surface area (Å²) >= 11 is 3.29. The van der Waals surface area contributed by atoms with Crippen molar-refractivity contribution in [3.05, 3.63) is 22.4 Å². The monoisotopic (exact) mass is 381 g/mol. The van der Waals surface area contributed by atoms with Crippen LogP contribution in [-0.4, -0.2) is 61.9 Å². The summed E-state index contributed by atoms with van der Waals surface area (Å²) in [6.45, 7) is 0.693. The number of carbonyl (C=O) groups excluding carboxylic acids is 1. The second-order valence-electron chi connectivity index (χ2n) is 4.88. The molecule has 1 saturated heterocycles. The van der Waals surface area contributed by atoms with Gasteiger partial charge < -0.3 is 9.64 Å². The Balaban J connectivity index is 2.01. The van der Waals surface area contributed by atoms with Crippen LogP contribution in [0.1, 0.15) is 10.5 Å². The maximum atomic E-state index is 12.4. The molecule has 2 rings (SSSR count). The molecule has 0 amide bonds. The standard InChI is InChI=1S/C13H15BrF3N3O2/c1-22-12(21)9-2-3-10(11(14)18-9)20-6-4-19(5-7-20)8-13(15,16)17/h2-3H,4-8H2,1H3. The van der Waals surface area contributed by atoms with Crippen LogP contribution >= 0.6 is 15.9 Å². The van der Waals surface area contributed by atoms with Crippen molar-refractivity contribution in [1.82, 2.24) is 9.88 Å². The third-order valence-electron chi connectivity index (χ3n) is 3.34. The highest BCUT2D eigenvalue weighted by Crippen LogP contribution is 2.26. The number of aromatic nitrogens is 1. The van der Waals surface area contributed by atoms with E-state index >= 15 is 0 Å². The third-order valence-corrected chi connectivity index (χ3v) is 3.92. The van der Waals surface area contributed by atoms with Gasteiger partial charge in [0.1, 0.15) is 10.3 Å². The number of esters is 1. The molecule has 2 heterocycles. The summed E-state index contributed by atoms with van der Waals surface area (Å²) in [6, 6.07) is 3.25. The third kappa shape index (κ3) is 4.33. The first-order valence-corrected chi connectivity index (χ1v) is 7.38. The molecule has 22 heavy (non-hydrogen) atoms. The zero-order chi connectivity index (χ0) is 16.3. The van der Waals surface area contributed by atoms with Gasteiger partial charge in [-0.15, -0.1) is 0 Å². The number of rotatable bonds is 3. The summed E-state index contributed by atoms with van der Waals surface area (Å²) < 4.78 is 42.1. The van der Waals surface area contributed by atoms with Crippen LogP contribution in [-0.2, 0) is 4.74 Å². The molecule has 5 nitrogen and oxygen atoms in total. The lowest BCUT2D eigenvalue weighted by Gasteiger charge is -2.36. The fourth-order valence-corrected chi connectivity index (χ4v) is 2.86. The number of carbonyl (C=O) groups is 1. The molecule has 0 radical (unpaired) electrons. The van der Waals surface area contributed by atoms with Crippen molar-refractivity contribution in [2.75, 3.05) is 44.7 Å².